The van der Waals surface area contributed by atoms with Crippen molar-refractivity contribution in [2.45, 2.75) is 67.2 Å². The van der Waals surface area contributed by atoms with Crippen LogP contribution in [0, 0.1) is 5.92 Å². The molecule has 3 rings (SSSR count). The van der Waals surface area contributed by atoms with E-state index in [9.17, 15) is 31.2 Å². The van der Waals surface area contributed by atoms with Crippen molar-refractivity contribution in [1.29, 1.82) is 0 Å². The highest BCUT2D eigenvalue weighted by Gasteiger charge is 2.38. The van der Waals surface area contributed by atoms with Gasteiger partial charge in [-0.15, -0.1) is 11.8 Å². The van der Waals surface area contributed by atoms with Gasteiger partial charge in [0.1, 0.15) is 0 Å². The molecule has 3 unspecified atom stereocenters. The summed E-state index contributed by atoms with van der Waals surface area (Å²) in [6.45, 7) is 3.62. The number of sulfone groups is 1. The molecule has 0 spiro atoms. The number of benzene rings is 2. The van der Waals surface area contributed by atoms with Crippen LogP contribution < -0.4 is 10.6 Å². The molecule has 0 bridgehead atoms. The van der Waals surface area contributed by atoms with E-state index in [1.54, 1.807) is 31.3 Å². The van der Waals surface area contributed by atoms with Crippen molar-refractivity contribution in [3.63, 3.8) is 0 Å². The standard InChI is InChI=1S/C28H36F3N3O4S2/c1-18(2)33-22-8-13-25(20(15-22)17-40(37,38)24-11-9-23(39-4)10-12-24)34(3)26(35)16-32-27(36)19-6-5-7-21(14-19)28(29,30)31/h5-7,9-12,14,18,20,22,25,33H,8,13,15-17H2,1-4H3,(H,32,36). The first-order valence-electron chi connectivity index (χ1n) is 13.0. The molecule has 1 fully saturated rings. The van der Waals surface area contributed by atoms with Crippen molar-refractivity contribution in [2.75, 3.05) is 25.6 Å². The Morgan fingerprint density at radius 2 is 1.77 bits per heavy atom. The van der Waals surface area contributed by atoms with E-state index in [4.69, 9.17) is 0 Å². The van der Waals surface area contributed by atoms with Crippen LogP contribution in [-0.4, -0.2) is 68.9 Å². The van der Waals surface area contributed by atoms with Gasteiger partial charge < -0.3 is 15.5 Å². The highest BCUT2D eigenvalue weighted by molar-refractivity contribution is 7.98. The Balaban J connectivity index is 1.72. The Kier molecular flexibility index (Phi) is 10.7. The molecule has 2 aromatic rings. The number of hydrogen-bond acceptors (Lipinski definition) is 6. The number of thioether (sulfide) groups is 1. The van der Waals surface area contributed by atoms with Crippen molar-refractivity contribution >= 4 is 33.4 Å². The Bertz CT molecular complexity index is 1280. The summed E-state index contributed by atoms with van der Waals surface area (Å²) in [7, 11) is -2.07. The molecular formula is C28H36F3N3O4S2. The SMILES string of the molecule is CSc1ccc(S(=O)(=O)CC2CC(NC(C)C)CCC2N(C)C(=O)CNC(=O)c2cccc(C(F)(F)F)c2)cc1. The molecule has 220 valence electrons. The van der Waals surface area contributed by atoms with Gasteiger partial charge in [0.25, 0.3) is 5.91 Å². The molecule has 12 heteroatoms. The van der Waals surface area contributed by atoms with Crippen molar-refractivity contribution in [1.82, 2.24) is 15.5 Å². The normalized spacial score (nSPS) is 19.9. The summed E-state index contributed by atoms with van der Waals surface area (Å²) in [6, 6.07) is 10.6. The lowest BCUT2D eigenvalue weighted by Crippen LogP contribution is -2.52. The van der Waals surface area contributed by atoms with Gasteiger partial charge in [0.15, 0.2) is 9.84 Å². The molecule has 2 amide bonds. The topological polar surface area (TPSA) is 95.6 Å². The third kappa shape index (κ3) is 8.47. The molecule has 2 N–H and O–H groups in total. The van der Waals surface area contributed by atoms with Crippen LogP contribution in [0.15, 0.2) is 58.3 Å². The van der Waals surface area contributed by atoms with Gasteiger partial charge in [-0.1, -0.05) is 19.9 Å². The van der Waals surface area contributed by atoms with Crippen LogP contribution >= 0.6 is 11.8 Å². The molecule has 0 aromatic heterocycles. The van der Waals surface area contributed by atoms with Gasteiger partial charge in [0.05, 0.1) is 22.8 Å². The number of rotatable bonds is 10. The summed E-state index contributed by atoms with van der Waals surface area (Å²) in [4.78, 5) is 28.2. The van der Waals surface area contributed by atoms with E-state index in [1.165, 1.54) is 22.7 Å². The Labute approximate surface area is 238 Å². The molecule has 0 radical (unpaired) electrons. The van der Waals surface area contributed by atoms with Crippen LogP contribution in [0.3, 0.4) is 0 Å². The molecule has 1 aliphatic rings. The number of nitrogens with one attached hydrogen (secondary N) is 2. The fourth-order valence-electron chi connectivity index (χ4n) is 5.13. The van der Waals surface area contributed by atoms with E-state index < -0.39 is 39.9 Å². The third-order valence-electron chi connectivity index (χ3n) is 7.11. The zero-order chi connectivity index (χ0) is 29.7. The minimum absolute atomic E-state index is 0.0967. The van der Waals surface area contributed by atoms with Crippen LogP contribution in [0.4, 0.5) is 13.2 Å². The van der Waals surface area contributed by atoms with Gasteiger partial charge in [-0.3, -0.25) is 9.59 Å². The summed E-state index contributed by atoms with van der Waals surface area (Å²) in [5, 5.41) is 5.88. The largest absolute Gasteiger partial charge is 0.416 e. The number of nitrogens with zero attached hydrogens (tertiary/aromatic N) is 1. The third-order valence-corrected chi connectivity index (χ3v) is 9.71. The lowest BCUT2D eigenvalue weighted by molar-refractivity contribution is -0.137. The first-order chi connectivity index (χ1) is 18.7. The first kappa shape index (κ1) is 32.0. The highest BCUT2D eigenvalue weighted by atomic mass is 32.2. The number of carbonyl (C=O) groups excluding carboxylic acids is 2. The first-order valence-corrected chi connectivity index (χ1v) is 15.9. The van der Waals surface area contributed by atoms with Crippen molar-refractivity contribution in [2.24, 2.45) is 5.92 Å². The van der Waals surface area contributed by atoms with E-state index in [0.29, 0.717) is 12.8 Å². The van der Waals surface area contributed by atoms with E-state index in [-0.39, 0.29) is 40.3 Å². The average Bonchev–Trinajstić information content (AvgIpc) is 2.90. The molecular weight excluding hydrogens is 563 g/mol. The second-order valence-electron chi connectivity index (χ2n) is 10.4. The summed E-state index contributed by atoms with van der Waals surface area (Å²) in [5.41, 5.74) is -1.16. The zero-order valence-corrected chi connectivity index (χ0v) is 24.6. The fourth-order valence-corrected chi connectivity index (χ4v) is 7.20. The fraction of sp³-hybridized carbons (Fsp3) is 0.500. The van der Waals surface area contributed by atoms with E-state index >= 15 is 0 Å². The second kappa shape index (κ2) is 13.4. The molecule has 3 atom stereocenters. The van der Waals surface area contributed by atoms with Gasteiger partial charge in [-0.05, 0) is 73.9 Å². The number of alkyl halides is 3. The molecule has 7 nitrogen and oxygen atoms in total. The summed E-state index contributed by atoms with van der Waals surface area (Å²) in [5.74, 6) is -1.75. The van der Waals surface area contributed by atoms with Crippen molar-refractivity contribution < 1.29 is 31.2 Å². The van der Waals surface area contributed by atoms with Gasteiger partial charge >= 0.3 is 6.18 Å². The molecule has 0 heterocycles. The van der Waals surface area contributed by atoms with E-state index in [1.807, 2.05) is 20.1 Å². The van der Waals surface area contributed by atoms with E-state index in [0.717, 1.165) is 29.5 Å². The maximum atomic E-state index is 13.4. The van der Waals surface area contributed by atoms with Crippen LogP contribution in [0.5, 0.6) is 0 Å². The molecule has 2 aromatic carbocycles. The average molecular weight is 600 g/mol. The lowest BCUT2D eigenvalue weighted by Gasteiger charge is -2.41. The summed E-state index contributed by atoms with van der Waals surface area (Å²) < 4.78 is 65.8. The van der Waals surface area contributed by atoms with Crippen LogP contribution in [-0.2, 0) is 20.8 Å². The smallest absolute Gasteiger partial charge is 0.343 e. The number of hydrogen-bond donors (Lipinski definition) is 2. The van der Waals surface area contributed by atoms with Gasteiger partial charge in [-0.2, -0.15) is 13.2 Å². The van der Waals surface area contributed by atoms with E-state index in [2.05, 4.69) is 10.6 Å². The number of halogens is 3. The van der Waals surface area contributed by atoms with Crippen molar-refractivity contribution in [3.8, 4) is 0 Å². The lowest BCUT2D eigenvalue weighted by atomic mass is 9.81. The quantitative estimate of drug-likeness (QED) is 0.387. The van der Waals surface area contributed by atoms with Gasteiger partial charge in [0.2, 0.25) is 5.91 Å². The molecule has 1 saturated carbocycles. The molecule has 40 heavy (non-hydrogen) atoms. The highest BCUT2D eigenvalue weighted by Crippen LogP contribution is 2.32. The maximum Gasteiger partial charge on any atom is 0.416 e. The summed E-state index contributed by atoms with van der Waals surface area (Å²) >= 11 is 1.52. The van der Waals surface area contributed by atoms with Gasteiger partial charge in [-0.25, -0.2) is 8.42 Å². The number of amides is 2. The Hall–Kier alpha value is -2.57. The van der Waals surface area contributed by atoms with Crippen LogP contribution in [0.25, 0.3) is 0 Å². The second-order valence-corrected chi connectivity index (χ2v) is 13.3. The molecule has 0 aliphatic heterocycles. The Morgan fingerprint density at radius 3 is 2.38 bits per heavy atom. The van der Waals surface area contributed by atoms with Crippen LogP contribution in [0.1, 0.15) is 49.0 Å². The Morgan fingerprint density at radius 1 is 1.10 bits per heavy atom. The van der Waals surface area contributed by atoms with Crippen LogP contribution in [0.2, 0.25) is 0 Å². The van der Waals surface area contributed by atoms with Crippen molar-refractivity contribution in [3.05, 3.63) is 59.7 Å². The van der Waals surface area contributed by atoms with Gasteiger partial charge in [0, 0.05) is 35.6 Å². The minimum Gasteiger partial charge on any atom is -0.343 e. The number of likely N-dealkylation sites (N-methyl/N-ethyl adjacent to an activating group) is 1. The predicted octanol–water partition coefficient (Wildman–Crippen LogP) is 4.62. The minimum atomic E-state index is -4.60. The molecule has 1 aliphatic carbocycles. The predicted molar refractivity (Wildman–Crippen MR) is 150 cm³/mol. The zero-order valence-electron chi connectivity index (χ0n) is 23.0. The maximum absolute atomic E-state index is 13.4. The molecule has 0 saturated heterocycles. The number of carbonyl (C=O) groups is 2. The monoisotopic (exact) mass is 599 g/mol. The summed E-state index contributed by atoms with van der Waals surface area (Å²) in [6.07, 6.45) is -0.816.